The van der Waals surface area contributed by atoms with Gasteiger partial charge < -0.3 is 15.7 Å². The van der Waals surface area contributed by atoms with Gasteiger partial charge in [-0.05, 0) is 37.5 Å². The summed E-state index contributed by atoms with van der Waals surface area (Å²) in [5, 5.41) is 10.0. The number of hydrogen-bond donors (Lipinski definition) is 2. The number of nitrogens with zero attached hydrogens (tertiary/aromatic N) is 1. The maximum Gasteiger partial charge on any atom is 0.240 e. The number of carbonyl (C=O) groups is 1. The Morgan fingerprint density at radius 1 is 1.61 bits per heavy atom. The molecule has 1 unspecified atom stereocenters. The highest BCUT2D eigenvalue weighted by molar-refractivity contribution is 6.33. The average molecular weight is 269 g/mol. The zero-order valence-electron chi connectivity index (χ0n) is 10.3. The van der Waals surface area contributed by atoms with Crippen molar-refractivity contribution in [3.05, 3.63) is 28.8 Å². The van der Waals surface area contributed by atoms with Gasteiger partial charge in [-0.3, -0.25) is 4.79 Å². The number of carbonyl (C=O) groups excluding carboxylic acids is 1. The van der Waals surface area contributed by atoms with Gasteiger partial charge in [-0.25, -0.2) is 0 Å². The molecule has 4 nitrogen and oxygen atoms in total. The standard InChI is InChI=1S/C13H17ClN2O2/c1-8(17)9-4-5-11(10(14)7-9)16-6-2-3-12(16)13(15)18/h4-5,7-8,12,17H,2-3,6H2,1H3,(H2,15,18)/t8-,12?/m0/s1. The summed E-state index contributed by atoms with van der Waals surface area (Å²) in [5.74, 6) is -0.317. The molecule has 98 valence electrons. The summed E-state index contributed by atoms with van der Waals surface area (Å²) >= 11 is 6.22. The van der Waals surface area contributed by atoms with E-state index in [0.717, 1.165) is 30.6 Å². The lowest BCUT2D eigenvalue weighted by atomic mass is 10.1. The van der Waals surface area contributed by atoms with Crippen LogP contribution in [0.5, 0.6) is 0 Å². The van der Waals surface area contributed by atoms with Gasteiger partial charge in [-0.2, -0.15) is 0 Å². The summed E-state index contributed by atoms with van der Waals surface area (Å²) in [6.07, 6.45) is 1.15. The Morgan fingerprint density at radius 3 is 2.89 bits per heavy atom. The van der Waals surface area contributed by atoms with Crippen LogP contribution in [0.15, 0.2) is 18.2 Å². The van der Waals surface area contributed by atoms with Crippen molar-refractivity contribution in [2.75, 3.05) is 11.4 Å². The Labute approximate surface area is 111 Å². The third-order valence-corrected chi connectivity index (χ3v) is 3.65. The zero-order chi connectivity index (χ0) is 13.3. The van der Waals surface area contributed by atoms with Crippen LogP contribution in [0, 0.1) is 0 Å². The molecule has 0 radical (unpaired) electrons. The highest BCUT2D eigenvalue weighted by Crippen LogP contribution is 2.33. The minimum absolute atomic E-state index is 0.278. The molecule has 5 heteroatoms. The van der Waals surface area contributed by atoms with Gasteiger partial charge in [-0.15, -0.1) is 0 Å². The number of amides is 1. The summed E-state index contributed by atoms with van der Waals surface area (Å²) in [6.45, 7) is 2.47. The van der Waals surface area contributed by atoms with E-state index in [2.05, 4.69) is 0 Å². The fraction of sp³-hybridized carbons (Fsp3) is 0.462. The third-order valence-electron chi connectivity index (χ3n) is 3.34. The van der Waals surface area contributed by atoms with Crippen LogP contribution >= 0.6 is 11.6 Å². The predicted octanol–water partition coefficient (Wildman–Crippen LogP) is 1.85. The second-order valence-electron chi connectivity index (χ2n) is 4.64. The van der Waals surface area contributed by atoms with Gasteiger partial charge >= 0.3 is 0 Å². The van der Waals surface area contributed by atoms with Crippen molar-refractivity contribution in [3.8, 4) is 0 Å². The van der Waals surface area contributed by atoms with Crippen molar-refractivity contribution in [2.45, 2.75) is 31.9 Å². The molecule has 0 saturated carbocycles. The minimum atomic E-state index is -0.554. The fourth-order valence-electron chi connectivity index (χ4n) is 2.37. The van der Waals surface area contributed by atoms with Crippen LogP contribution in [0.4, 0.5) is 5.69 Å². The van der Waals surface area contributed by atoms with Gasteiger partial charge in [0, 0.05) is 6.54 Å². The smallest absolute Gasteiger partial charge is 0.240 e. The van der Waals surface area contributed by atoms with E-state index < -0.39 is 6.10 Å². The van der Waals surface area contributed by atoms with E-state index in [1.165, 1.54) is 0 Å². The van der Waals surface area contributed by atoms with Crippen LogP contribution in [0.1, 0.15) is 31.4 Å². The number of aliphatic hydroxyl groups is 1. The summed E-state index contributed by atoms with van der Waals surface area (Å²) < 4.78 is 0. The normalized spacial score (nSPS) is 21.1. The third kappa shape index (κ3) is 2.44. The Balaban J connectivity index is 2.31. The number of aliphatic hydroxyl groups excluding tert-OH is 1. The molecule has 0 aromatic heterocycles. The van der Waals surface area contributed by atoms with Crippen LogP contribution in [0.25, 0.3) is 0 Å². The van der Waals surface area contributed by atoms with E-state index in [1.54, 1.807) is 13.0 Å². The first-order valence-electron chi connectivity index (χ1n) is 6.04. The molecular weight excluding hydrogens is 252 g/mol. The minimum Gasteiger partial charge on any atom is -0.389 e. The monoisotopic (exact) mass is 268 g/mol. The number of hydrogen-bond acceptors (Lipinski definition) is 3. The first-order valence-corrected chi connectivity index (χ1v) is 6.42. The number of primary amides is 1. The molecule has 18 heavy (non-hydrogen) atoms. The summed E-state index contributed by atoms with van der Waals surface area (Å²) in [6, 6.07) is 5.12. The zero-order valence-corrected chi connectivity index (χ0v) is 11.0. The Bertz CT molecular complexity index is 462. The van der Waals surface area contributed by atoms with E-state index in [-0.39, 0.29) is 11.9 Å². The molecule has 1 heterocycles. The molecule has 0 bridgehead atoms. The highest BCUT2D eigenvalue weighted by atomic mass is 35.5. The van der Waals surface area contributed by atoms with Crippen molar-refractivity contribution >= 4 is 23.2 Å². The lowest BCUT2D eigenvalue weighted by Crippen LogP contribution is -2.40. The summed E-state index contributed by atoms with van der Waals surface area (Å²) in [4.78, 5) is 13.3. The number of nitrogens with two attached hydrogens (primary N) is 1. The van der Waals surface area contributed by atoms with E-state index in [9.17, 15) is 9.90 Å². The van der Waals surface area contributed by atoms with Crippen LogP contribution in [-0.2, 0) is 4.79 Å². The number of rotatable bonds is 3. The van der Waals surface area contributed by atoms with E-state index in [4.69, 9.17) is 17.3 Å². The second kappa shape index (κ2) is 5.16. The van der Waals surface area contributed by atoms with E-state index in [1.807, 2.05) is 17.0 Å². The molecule has 0 spiro atoms. The maximum absolute atomic E-state index is 11.4. The molecule has 1 aromatic rings. The lowest BCUT2D eigenvalue weighted by Gasteiger charge is -2.25. The maximum atomic E-state index is 11.4. The molecule has 1 aliphatic rings. The first-order chi connectivity index (χ1) is 8.50. The quantitative estimate of drug-likeness (QED) is 0.879. The Morgan fingerprint density at radius 2 is 2.33 bits per heavy atom. The largest absolute Gasteiger partial charge is 0.389 e. The van der Waals surface area contributed by atoms with Crippen LogP contribution < -0.4 is 10.6 Å². The van der Waals surface area contributed by atoms with Gasteiger partial charge in [0.05, 0.1) is 16.8 Å². The molecule has 1 fully saturated rings. The highest BCUT2D eigenvalue weighted by Gasteiger charge is 2.30. The van der Waals surface area contributed by atoms with E-state index in [0.29, 0.717) is 5.02 Å². The van der Waals surface area contributed by atoms with Crippen molar-refractivity contribution in [2.24, 2.45) is 5.73 Å². The fourth-order valence-corrected chi connectivity index (χ4v) is 2.66. The van der Waals surface area contributed by atoms with E-state index >= 15 is 0 Å². The average Bonchev–Trinajstić information content (AvgIpc) is 2.77. The molecule has 0 aliphatic carbocycles. The van der Waals surface area contributed by atoms with Gasteiger partial charge in [0.25, 0.3) is 0 Å². The van der Waals surface area contributed by atoms with Gasteiger partial charge in [-0.1, -0.05) is 17.7 Å². The van der Waals surface area contributed by atoms with Crippen LogP contribution in [-0.4, -0.2) is 23.6 Å². The van der Waals surface area contributed by atoms with Gasteiger partial charge in [0.2, 0.25) is 5.91 Å². The SMILES string of the molecule is C[C@H](O)c1ccc(N2CCCC2C(N)=O)c(Cl)c1. The number of benzene rings is 1. The number of halogens is 1. The van der Waals surface area contributed by atoms with Crippen molar-refractivity contribution < 1.29 is 9.90 Å². The molecule has 1 aromatic carbocycles. The second-order valence-corrected chi connectivity index (χ2v) is 5.05. The molecular formula is C13H17ClN2O2. The summed E-state index contributed by atoms with van der Waals surface area (Å²) in [7, 11) is 0. The lowest BCUT2D eigenvalue weighted by molar-refractivity contribution is -0.119. The molecule has 2 rings (SSSR count). The van der Waals surface area contributed by atoms with Crippen molar-refractivity contribution in [1.29, 1.82) is 0 Å². The Hall–Kier alpha value is -1.26. The molecule has 1 saturated heterocycles. The number of anilines is 1. The van der Waals surface area contributed by atoms with Crippen LogP contribution in [0.3, 0.4) is 0 Å². The molecule has 3 N–H and O–H groups in total. The van der Waals surface area contributed by atoms with Crippen molar-refractivity contribution in [3.63, 3.8) is 0 Å². The predicted molar refractivity (Wildman–Crippen MR) is 71.6 cm³/mol. The molecule has 1 amide bonds. The molecule has 1 aliphatic heterocycles. The van der Waals surface area contributed by atoms with Crippen LogP contribution in [0.2, 0.25) is 5.02 Å². The van der Waals surface area contributed by atoms with Gasteiger partial charge in [0.1, 0.15) is 6.04 Å². The summed E-state index contributed by atoms with van der Waals surface area (Å²) in [5.41, 5.74) is 6.96. The van der Waals surface area contributed by atoms with Crippen molar-refractivity contribution in [1.82, 2.24) is 0 Å². The van der Waals surface area contributed by atoms with Gasteiger partial charge in [0.15, 0.2) is 0 Å². The first kappa shape index (κ1) is 13.2. The topological polar surface area (TPSA) is 66.6 Å². The Kier molecular flexibility index (Phi) is 3.78. The molecule has 2 atom stereocenters.